The number of guanidine groups is 1. The number of nitrogens with zero attached hydrogens (tertiary/aromatic N) is 3. The smallest absolute Gasteiger partial charge is 0.410 e. The predicted molar refractivity (Wildman–Crippen MR) is 102 cm³/mol. The van der Waals surface area contributed by atoms with Crippen LogP contribution >= 0.6 is 0 Å². The Morgan fingerprint density at radius 1 is 1.15 bits per heavy atom. The summed E-state index contributed by atoms with van der Waals surface area (Å²) in [5, 5.41) is 0. The van der Waals surface area contributed by atoms with E-state index in [1.54, 1.807) is 12.0 Å². The van der Waals surface area contributed by atoms with Gasteiger partial charge in [0.15, 0.2) is 5.96 Å². The number of rotatable bonds is 4. The maximum Gasteiger partial charge on any atom is 0.410 e. The Bertz CT molecular complexity index is 632. The van der Waals surface area contributed by atoms with Crippen molar-refractivity contribution in [1.82, 2.24) is 9.80 Å². The molecule has 1 amide bonds. The highest BCUT2D eigenvalue weighted by Crippen LogP contribution is 2.12. The van der Waals surface area contributed by atoms with E-state index in [0.717, 1.165) is 11.1 Å². The minimum Gasteiger partial charge on any atom is -0.444 e. The van der Waals surface area contributed by atoms with E-state index in [9.17, 15) is 4.79 Å². The van der Waals surface area contributed by atoms with Crippen LogP contribution in [-0.4, -0.2) is 60.7 Å². The molecule has 0 spiro atoms. The number of methoxy groups -OCH3 is 1. The van der Waals surface area contributed by atoms with Crippen LogP contribution in [0.4, 0.5) is 4.79 Å². The van der Waals surface area contributed by atoms with E-state index in [4.69, 9.17) is 15.2 Å². The minimum absolute atomic E-state index is 0.275. The molecule has 1 saturated heterocycles. The lowest BCUT2D eigenvalue weighted by molar-refractivity contribution is 0.0186. The molecule has 0 unspecified atom stereocenters. The van der Waals surface area contributed by atoms with E-state index in [2.05, 4.69) is 11.1 Å². The second kappa shape index (κ2) is 8.89. The molecule has 0 radical (unpaired) electrons. The number of nitrogens with two attached hydrogens (primary N) is 1. The maximum absolute atomic E-state index is 12.1. The fourth-order valence-electron chi connectivity index (χ4n) is 2.70. The van der Waals surface area contributed by atoms with Gasteiger partial charge in [-0.1, -0.05) is 24.3 Å². The summed E-state index contributed by atoms with van der Waals surface area (Å²) in [7, 11) is 1.68. The predicted octanol–water partition coefficient (Wildman–Crippen LogP) is 2.20. The van der Waals surface area contributed by atoms with Crippen LogP contribution in [0.2, 0.25) is 0 Å². The van der Waals surface area contributed by atoms with Crippen molar-refractivity contribution in [1.29, 1.82) is 0 Å². The number of hydrogen-bond donors (Lipinski definition) is 1. The van der Waals surface area contributed by atoms with Crippen molar-refractivity contribution in [2.45, 2.75) is 39.5 Å². The minimum atomic E-state index is -0.480. The van der Waals surface area contributed by atoms with Gasteiger partial charge in [-0.2, -0.15) is 0 Å². The molecule has 144 valence electrons. The summed E-state index contributed by atoms with van der Waals surface area (Å²) < 4.78 is 10.6. The molecule has 7 heteroatoms. The van der Waals surface area contributed by atoms with Crippen molar-refractivity contribution < 1.29 is 14.3 Å². The van der Waals surface area contributed by atoms with Crippen molar-refractivity contribution >= 4 is 12.1 Å². The molecule has 26 heavy (non-hydrogen) atoms. The van der Waals surface area contributed by atoms with Gasteiger partial charge in [-0.15, -0.1) is 0 Å². The molecule has 1 aromatic carbocycles. The van der Waals surface area contributed by atoms with Crippen LogP contribution < -0.4 is 5.73 Å². The molecule has 0 saturated carbocycles. The quantitative estimate of drug-likeness (QED) is 0.656. The lowest BCUT2D eigenvalue weighted by Crippen LogP contribution is -2.53. The first-order valence-electron chi connectivity index (χ1n) is 8.88. The van der Waals surface area contributed by atoms with E-state index < -0.39 is 5.60 Å². The molecule has 1 aliphatic rings. The molecule has 1 aromatic rings. The monoisotopic (exact) mass is 362 g/mol. The number of ether oxygens (including phenoxy) is 2. The number of amides is 1. The fourth-order valence-corrected chi connectivity index (χ4v) is 2.70. The SMILES string of the molecule is COCc1cccc(CN=C(N)N2CCN(C(=O)OC(C)(C)C)CC2)c1. The summed E-state index contributed by atoms with van der Waals surface area (Å²) in [4.78, 5) is 20.3. The van der Waals surface area contributed by atoms with Gasteiger partial charge < -0.3 is 25.0 Å². The largest absolute Gasteiger partial charge is 0.444 e. The van der Waals surface area contributed by atoms with Gasteiger partial charge in [0.2, 0.25) is 0 Å². The highest BCUT2D eigenvalue weighted by atomic mass is 16.6. The Kier molecular flexibility index (Phi) is 6.85. The number of carbonyl (C=O) groups is 1. The van der Waals surface area contributed by atoms with Crippen molar-refractivity contribution in [3.05, 3.63) is 35.4 Å². The number of piperazine rings is 1. The van der Waals surface area contributed by atoms with Crippen molar-refractivity contribution in [2.75, 3.05) is 33.3 Å². The van der Waals surface area contributed by atoms with Crippen LogP contribution in [0.3, 0.4) is 0 Å². The van der Waals surface area contributed by atoms with Gasteiger partial charge in [0.25, 0.3) is 0 Å². The molecule has 2 rings (SSSR count). The third kappa shape index (κ3) is 6.22. The zero-order valence-corrected chi connectivity index (χ0v) is 16.2. The lowest BCUT2D eigenvalue weighted by Gasteiger charge is -2.36. The molecular formula is C19H30N4O3. The molecule has 0 atom stereocenters. The Morgan fingerprint density at radius 2 is 1.77 bits per heavy atom. The van der Waals surface area contributed by atoms with Crippen molar-refractivity contribution in [3.63, 3.8) is 0 Å². The molecule has 7 nitrogen and oxygen atoms in total. The van der Waals surface area contributed by atoms with Crippen LogP contribution in [0.15, 0.2) is 29.3 Å². The number of aliphatic imine (C=N–C) groups is 1. The summed E-state index contributed by atoms with van der Waals surface area (Å²) >= 11 is 0. The van der Waals surface area contributed by atoms with Crippen LogP contribution in [0.25, 0.3) is 0 Å². The first kappa shape index (κ1) is 20.0. The second-order valence-electron chi connectivity index (χ2n) is 7.38. The highest BCUT2D eigenvalue weighted by Gasteiger charge is 2.26. The highest BCUT2D eigenvalue weighted by molar-refractivity contribution is 5.78. The van der Waals surface area contributed by atoms with Gasteiger partial charge in [0.05, 0.1) is 13.2 Å². The third-order valence-corrected chi connectivity index (χ3v) is 3.98. The van der Waals surface area contributed by atoms with E-state index in [0.29, 0.717) is 45.3 Å². The van der Waals surface area contributed by atoms with Crippen LogP contribution in [0.5, 0.6) is 0 Å². The average Bonchev–Trinajstić information content (AvgIpc) is 2.59. The maximum atomic E-state index is 12.1. The molecule has 1 aliphatic heterocycles. The van der Waals surface area contributed by atoms with Gasteiger partial charge in [-0.3, -0.25) is 0 Å². The zero-order valence-electron chi connectivity index (χ0n) is 16.2. The molecular weight excluding hydrogens is 332 g/mol. The first-order chi connectivity index (χ1) is 12.3. The zero-order chi connectivity index (χ0) is 19.2. The summed E-state index contributed by atoms with van der Waals surface area (Å²) in [6, 6.07) is 8.11. The van der Waals surface area contributed by atoms with Crippen molar-refractivity contribution in [3.8, 4) is 0 Å². The normalized spacial score (nSPS) is 15.9. The van der Waals surface area contributed by atoms with E-state index in [1.165, 1.54) is 0 Å². The van der Waals surface area contributed by atoms with Gasteiger partial charge >= 0.3 is 6.09 Å². The molecule has 1 fully saturated rings. The van der Waals surface area contributed by atoms with Gasteiger partial charge in [-0.25, -0.2) is 9.79 Å². The molecule has 2 N–H and O–H groups in total. The summed E-state index contributed by atoms with van der Waals surface area (Å²) in [6.45, 7) is 9.17. The fraction of sp³-hybridized carbons (Fsp3) is 0.579. The summed E-state index contributed by atoms with van der Waals surface area (Å²) in [6.07, 6.45) is -0.275. The van der Waals surface area contributed by atoms with E-state index >= 15 is 0 Å². The Balaban J connectivity index is 1.85. The second-order valence-corrected chi connectivity index (χ2v) is 7.38. The molecule has 0 bridgehead atoms. The first-order valence-corrected chi connectivity index (χ1v) is 8.88. The van der Waals surface area contributed by atoms with Crippen molar-refractivity contribution in [2.24, 2.45) is 10.7 Å². The average molecular weight is 362 g/mol. The Morgan fingerprint density at radius 3 is 2.38 bits per heavy atom. The van der Waals surface area contributed by atoms with Gasteiger partial charge in [0, 0.05) is 33.3 Å². The van der Waals surface area contributed by atoms with Crippen LogP contribution in [-0.2, 0) is 22.6 Å². The van der Waals surface area contributed by atoms with Gasteiger partial charge in [-0.05, 0) is 31.9 Å². The number of hydrogen-bond acceptors (Lipinski definition) is 4. The Hall–Kier alpha value is -2.28. The van der Waals surface area contributed by atoms with Crippen LogP contribution in [0.1, 0.15) is 31.9 Å². The third-order valence-electron chi connectivity index (χ3n) is 3.98. The standard InChI is InChI=1S/C19H30N4O3/c1-19(2,3)26-18(24)23-10-8-22(9-11-23)17(20)21-13-15-6-5-7-16(12-15)14-25-4/h5-7,12H,8-11,13-14H2,1-4H3,(H2,20,21). The van der Waals surface area contributed by atoms with Gasteiger partial charge in [0.1, 0.15) is 5.60 Å². The number of carbonyl (C=O) groups excluding carboxylic acids is 1. The molecule has 1 heterocycles. The summed E-state index contributed by atoms with van der Waals surface area (Å²) in [5.74, 6) is 0.506. The molecule has 0 aromatic heterocycles. The lowest BCUT2D eigenvalue weighted by atomic mass is 10.1. The number of benzene rings is 1. The topological polar surface area (TPSA) is 80.4 Å². The van der Waals surface area contributed by atoms with E-state index in [-0.39, 0.29) is 6.09 Å². The Labute approximate surface area is 155 Å². The molecule has 0 aliphatic carbocycles. The summed E-state index contributed by atoms with van der Waals surface area (Å²) in [5.41, 5.74) is 7.86. The van der Waals surface area contributed by atoms with Crippen LogP contribution in [0, 0.1) is 0 Å². The van der Waals surface area contributed by atoms with E-state index in [1.807, 2.05) is 43.9 Å².